The molecule has 0 heterocycles. The Bertz CT molecular complexity index is 1170. The highest BCUT2D eigenvalue weighted by Crippen LogP contribution is 2.47. The van der Waals surface area contributed by atoms with Crippen LogP contribution in [0, 0.1) is 5.92 Å². The van der Waals surface area contributed by atoms with E-state index in [-0.39, 0.29) is 0 Å². The topological polar surface area (TPSA) is 163 Å². The maximum atomic E-state index is 13.3. The van der Waals surface area contributed by atoms with Gasteiger partial charge < -0.3 is 24.1 Å². The molecule has 11 nitrogen and oxygen atoms in total. The van der Waals surface area contributed by atoms with Crippen molar-refractivity contribution in [3.63, 3.8) is 0 Å². The van der Waals surface area contributed by atoms with Gasteiger partial charge in [-0.15, -0.1) is 0 Å². The number of hydrogen-bond acceptors (Lipinski definition) is 9. The molecule has 0 aromatic carbocycles. The summed E-state index contributed by atoms with van der Waals surface area (Å²) in [5.41, 5.74) is 0. The van der Waals surface area contributed by atoms with E-state index in [0.717, 1.165) is 0 Å². The smallest absolute Gasteiger partial charge is 0.459 e. The molecule has 4 atom stereocenters. The van der Waals surface area contributed by atoms with Gasteiger partial charge in [0.05, 0.1) is 25.6 Å². The predicted octanol–water partition coefficient (Wildman–Crippen LogP) is 3.90. The Labute approximate surface area is 247 Å². The van der Waals surface area contributed by atoms with Gasteiger partial charge in [0.1, 0.15) is 25.4 Å². The highest BCUT2D eigenvalue weighted by molar-refractivity contribution is 7.87. The van der Waals surface area contributed by atoms with Crippen LogP contribution in [0.15, 0.2) is 0 Å². The van der Waals surface area contributed by atoms with Crippen LogP contribution in [0.3, 0.4) is 0 Å². The van der Waals surface area contributed by atoms with Crippen molar-refractivity contribution in [2.45, 2.75) is 73.8 Å². The Balaban J connectivity index is 5.67. The van der Waals surface area contributed by atoms with Gasteiger partial charge in [0.2, 0.25) is 0 Å². The van der Waals surface area contributed by atoms with E-state index in [0.29, 0.717) is 13.8 Å². The van der Waals surface area contributed by atoms with E-state index in [2.05, 4.69) is 18.9 Å². The molecule has 46 heavy (non-hydrogen) atoms. The fraction of sp³-hybridized carbons (Fsp3) is 0.850. The third kappa shape index (κ3) is 11.2. The first kappa shape index (κ1) is 43.3. The lowest BCUT2D eigenvalue weighted by Crippen LogP contribution is -2.54. The molecule has 0 aromatic rings. The molecule has 0 bridgehead atoms. The van der Waals surface area contributed by atoms with Crippen molar-refractivity contribution in [1.82, 2.24) is 0 Å². The lowest BCUT2D eigenvalue weighted by atomic mass is 10.0. The number of ether oxygens (including phenoxy) is 4. The third-order valence-electron chi connectivity index (χ3n) is 5.15. The number of esters is 2. The number of carbonyl (C=O) groups is 3. The average molecular weight is 736 g/mol. The molecule has 0 saturated heterocycles. The molecule has 0 rings (SSSR count). The molecule has 0 aliphatic carbocycles. The molecule has 0 aliphatic heterocycles. The minimum Gasteiger partial charge on any atom is -0.481 e. The number of halogens is 14. The zero-order valence-corrected chi connectivity index (χ0v) is 23.4. The van der Waals surface area contributed by atoms with Crippen molar-refractivity contribution >= 4 is 28.0 Å². The van der Waals surface area contributed by atoms with Crippen LogP contribution in [0.1, 0.15) is 20.3 Å². The second-order valence-corrected chi connectivity index (χ2v) is 10.8. The van der Waals surface area contributed by atoms with Gasteiger partial charge in [0.15, 0.2) is 5.25 Å². The molecular weight excluding hydrogens is 714 g/mol. The quantitative estimate of drug-likeness (QED) is 0.119. The predicted molar refractivity (Wildman–Crippen MR) is 116 cm³/mol. The molecule has 26 heteroatoms. The van der Waals surface area contributed by atoms with Crippen LogP contribution >= 0.6 is 0 Å². The van der Waals surface area contributed by atoms with Gasteiger partial charge in [-0.25, -0.2) is 0 Å². The van der Waals surface area contributed by atoms with Crippen molar-refractivity contribution in [3.8, 4) is 0 Å². The normalized spacial score (nSPS) is 16.7. The molecule has 0 amide bonds. The number of carboxylic acid groups (broad SMARTS) is 1. The number of alkyl halides is 14. The molecule has 0 radical (unpaired) electrons. The molecule has 2 N–H and O–H groups in total. The van der Waals surface area contributed by atoms with E-state index in [1.165, 1.54) is 0 Å². The minimum absolute atomic E-state index is 0.626. The van der Waals surface area contributed by atoms with Gasteiger partial charge in [-0.2, -0.15) is 69.9 Å². The maximum Gasteiger partial charge on any atom is 0.459 e. The standard InChI is InChI=1S/C20H22F14O11S/c1-8(4-42-6-15(21,22)17(25,26)19(29,30)31)44-13(37)10(3-11(35)36)12(46(39,40)41)14(38)45-9(2)5-43-7-16(23,24)18(27,28)20(32,33)34/h8-10,12H,3-7H2,1-2H3,(H,35,36)(H,39,40,41). The summed E-state index contributed by atoms with van der Waals surface area (Å²) in [7, 11) is -5.93. The zero-order valence-electron chi connectivity index (χ0n) is 22.6. The van der Waals surface area contributed by atoms with Crippen LogP contribution in [-0.2, 0) is 43.4 Å². The molecule has 4 unspecified atom stereocenters. The van der Waals surface area contributed by atoms with Gasteiger partial charge in [0.25, 0.3) is 10.1 Å². The van der Waals surface area contributed by atoms with Crippen molar-refractivity contribution in [3.05, 3.63) is 0 Å². The Morgan fingerprint density at radius 3 is 1.26 bits per heavy atom. The number of hydrogen-bond donors (Lipinski definition) is 2. The van der Waals surface area contributed by atoms with Gasteiger partial charge in [-0.3, -0.25) is 18.9 Å². The summed E-state index contributed by atoms with van der Waals surface area (Å²) in [6.07, 6.45) is -19.2. The maximum absolute atomic E-state index is 13.3. The molecular formula is C20H22F14O11S. The third-order valence-corrected chi connectivity index (χ3v) is 6.32. The average Bonchev–Trinajstić information content (AvgIpc) is 2.80. The summed E-state index contributed by atoms with van der Waals surface area (Å²) in [6.45, 7) is -6.87. The molecule has 0 spiro atoms. The van der Waals surface area contributed by atoms with Crippen molar-refractivity contribution in [1.29, 1.82) is 0 Å². The highest BCUT2D eigenvalue weighted by Gasteiger charge is 2.74. The molecule has 0 aromatic heterocycles. The highest BCUT2D eigenvalue weighted by atomic mass is 32.2. The zero-order chi connectivity index (χ0) is 36.9. The monoisotopic (exact) mass is 736 g/mol. The second kappa shape index (κ2) is 15.0. The second-order valence-electron chi connectivity index (χ2n) is 9.22. The van der Waals surface area contributed by atoms with E-state index >= 15 is 0 Å². The fourth-order valence-electron chi connectivity index (χ4n) is 2.92. The largest absolute Gasteiger partial charge is 0.481 e. The Morgan fingerprint density at radius 2 is 0.978 bits per heavy atom. The van der Waals surface area contributed by atoms with Crippen LogP contribution < -0.4 is 0 Å². The number of carbonyl (C=O) groups excluding carboxylic acids is 2. The molecule has 0 saturated carbocycles. The van der Waals surface area contributed by atoms with Gasteiger partial charge in [-0.05, 0) is 13.8 Å². The Hall–Kier alpha value is -2.74. The van der Waals surface area contributed by atoms with Crippen LogP contribution in [0.2, 0.25) is 0 Å². The van der Waals surface area contributed by atoms with E-state index < -0.39 is 120 Å². The van der Waals surface area contributed by atoms with Crippen molar-refractivity contribution in [2.75, 3.05) is 26.4 Å². The summed E-state index contributed by atoms with van der Waals surface area (Å²) in [5.74, 6) is -34.2. The van der Waals surface area contributed by atoms with Crippen LogP contribution in [0.4, 0.5) is 61.5 Å². The van der Waals surface area contributed by atoms with E-state index in [9.17, 15) is 88.8 Å². The van der Waals surface area contributed by atoms with E-state index in [1.807, 2.05) is 0 Å². The van der Waals surface area contributed by atoms with Crippen molar-refractivity contribution < 1.29 is 113 Å². The summed E-state index contributed by atoms with van der Waals surface area (Å²) < 4.78 is 228. The van der Waals surface area contributed by atoms with Gasteiger partial charge >= 0.3 is 54.0 Å². The van der Waals surface area contributed by atoms with E-state index in [1.54, 1.807) is 0 Å². The lowest BCUT2D eigenvalue weighted by molar-refractivity contribution is -0.361. The van der Waals surface area contributed by atoms with E-state index in [4.69, 9.17) is 5.11 Å². The van der Waals surface area contributed by atoms with Crippen LogP contribution in [-0.4, -0.2) is 116 Å². The summed E-state index contributed by atoms with van der Waals surface area (Å²) in [6, 6.07) is 0. The fourth-order valence-corrected chi connectivity index (χ4v) is 3.84. The molecule has 0 fully saturated rings. The summed E-state index contributed by atoms with van der Waals surface area (Å²) in [4.78, 5) is 36.1. The molecule has 272 valence electrons. The SMILES string of the molecule is CC(COCC(F)(F)C(F)(F)C(F)(F)F)OC(=O)C(CC(=O)O)C(C(=O)OC(C)COCC(F)(F)C(F)(F)C(F)(F)F)S(=O)(=O)O. The van der Waals surface area contributed by atoms with Crippen LogP contribution in [0.25, 0.3) is 0 Å². The van der Waals surface area contributed by atoms with Gasteiger partial charge in [-0.1, -0.05) is 0 Å². The number of rotatable bonds is 18. The lowest BCUT2D eigenvalue weighted by Gasteiger charge is -2.28. The first-order valence-electron chi connectivity index (χ1n) is 11.6. The molecule has 0 aliphatic rings. The summed E-state index contributed by atoms with van der Waals surface area (Å²) in [5, 5.41) is 5.71. The van der Waals surface area contributed by atoms with Crippen LogP contribution in [0.5, 0.6) is 0 Å². The number of aliphatic carboxylic acids is 1. The summed E-state index contributed by atoms with van der Waals surface area (Å²) >= 11 is 0. The minimum atomic E-state index is -6.73. The number of carboxylic acids is 1. The first-order valence-corrected chi connectivity index (χ1v) is 13.1. The Morgan fingerprint density at radius 1 is 0.652 bits per heavy atom. The Kier molecular flexibility index (Phi) is 14.1. The van der Waals surface area contributed by atoms with Crippen molar-refractivity contribution in [2.24, 2.45) is 5.92 Å². The first-order chi connectivity index (χ1) is 20.2. The van der Waals surface area contributed by atoms with Gasteiger partial charge in [0, 0.05) is 0 Å².